The Balaban J connectivity index is 0.00000121. The fourth-order valence-electron chi connectivity index (χ4n) is 1.44. The van der Waals surface area contributed by atoms with Gasteiger partial charge in [0, 0.05) is 12.6 Å². The number of rotatable bonds is 3. The lowest BCUT2D eigenvalue weighted by molar-refractivity contribution is 0.582. The summed E-state index contributed by atoms with van der Waals surface area (Å²) in [6.45, 7) is 16.0. The van der Waals surface area contributed by atoms with Gasteiger partial charge >= 0.3 is 0 Å². The predicted molar refractivity (Wildman–Crippen MR) is 78.5 cm³/mol. The summed E-state index contributed by atoms with van der Waals surface area (Å²) in [6, 6.07) is 9.45. The molecule has 0 aromatic heterocycles. The van der Waals surface area contributed by atoms with Crippen molar-refractivity contribution in [1.82, 2.24) is 5.32 Å². The van der Waals surface area contributed by atoms with E-state index in [1.54, 1.807) is 0 Å². The van der Waals surface area contributed by atoms with Crippen LogP contribution in [0.3, 0.4) is 0 Å². The van der Waals surface area contributed by atoms with Gasteiger partial charge in [0.05, 0.1) is 0 Å². The maximum Gasteiger partial charge on any atom is 0.0207 e. The molecule has 0 aliphatic heterocycles. The van der Waals surface area contributed by atoms with E-state index in [-0.39, 0.29) is 5.41 Å². The molecule has 0 bridgehead atoms. The summed E-state index contributed by atoms with van der Waals surface area (Å²) in [5.74, 6) is 0. The Kier molecular flexibility index (Phi) is 7.13. The van der Waals surface area contributed by atoms with Crippen LogP contribution in [0.15, 0.2) is 24.3 Å². The molecule has 17 heavy (non-hydrogen) atoms. The normalized spacial score (nSPS) is 11.1. The molecule has 1 aromatic rings. The third kappa shape index (κ3) is 6.48. The van der Waals surface area contributed by atoms with Crippen LogP contribution in [0.25, 0.3) is 0 Å². The largest absolute Gasteiger partial charge is 0.310 e. The minimum Gasteiger partial charge on any atom is -0.310 e. The van der Waals surface area contributed by atoms with E-state index in [0.717, 1.165) is 6.54 Å². The summed E-state index contributed by atoms with van der Waals surface area (Å²) in [4.78, 5) is 0. The molecule has 0 aliphatic carbocycles. The summed E-state index contributed by atoms with van der Waals surface area (Å²) in [7, 11) is 0. The molecule has 0 saturated carbocycles. The smallest absolute Gasteiger partial charge is 0.0207 e. The Morgan fingerprint density at radius 3 is 1.82 bits per heavy atom. The van der Waals surface area contributed by atoms with E-state index >= 15 is 0 Å². The monoisotopic (exact) mass is 235 g/mol. The Labute approximate surface area is 108 Å². The highest BCUT2D eigenvalue weighted by Crippen LogP contribution is 2.22. The molecule has 0 atom stereocenters. The fourth-order valence-corrected chi connectivity index (χ4v) is 1.44. The number of hydrogen-bond donors (Lipinski definition) is 1. The van der Waals surface area contributed by atoms with E-state index in [9.17, 15) is 0 Å². The molecule has 1 heteroatoms. The van der Waals surface area contributed by atoms with E-state index in [1.807, 2.05) is 13.8 Å². The predicted octanol–water partition coefficient (Wildman–Crippen LogP) is 4.51. The first-order chi connectivity index (χ1) is 7.89. The Morgan fingerprint density at radius 2 is 1.47 bits per heavy atom. The second-order valence-electron chi connectivity index (χ2n) is 5.48. The van der Waals surface area contributed by atoms with Crippen molar-refractivity contribution in [2.75, 3.05) is 0 Å². The molecule has 0 radical (unpaired) electrons. The van der Waals surface area contributed by atoms with Gasteiger partial charge in [0.25, 0.3) is 0 Å². The van der Waals surface area contributed by atoms with E-state index in [0.29, 0.717) is 6.04 Å². The summed E-state index contributed by atoms with van der Waals surface area (Å²) in [6.07, 6.45) is 0. The Bertz CT molecular complexity index is 290. The highest BCUT2D eigenvalue weighted by atomic mass is 14.9. The first-order valence-electron chi connectivity index (χ1n) is 6.72. The summed E-state index contributed by atoms with van der Waals surface area (Å²) >= 11 is 0. The molecular weight excluding hydrogens is 206 g/mol. The van der Waals surface area contributed by atoms with Gasteiger partial charge in [-0.3, -0.25) is 0 Å². The SMILES string of the molecule is CC.CC(C)NCc1ccc(C(C)(C)C)cc1. The van der Waals surface area contributed by atoms with Crippen LogP contribution in [0, 0.1) is 0 Å². The maximum atomic E-state index is 3.42. The van der Waals surface area contributed by atoms with Gasteiger partial charge in [-0.1, -0.05) is 72.7 Å². The maximum absolute atomic E-state index is 3.42. The lowest BCUT2D eigenvalue weighted by Crippen LogP contribution is -2.21. The van der Waals surface area contributed by atoms with Crippen LogP contribution in [0.5, 0.6) is 0 Å². The van der Waals surface area contributed by atoms with Crippen LogP contribution in [0.1, 0.15) is 59.6 Å². The molecule has 0 unspecified atom stereocenters. The van der Waals surface area contributed by atoms with Crippen LogP contribution in [0.2, 0.25) is 0 Å². The zero-order valence-corrected chi connectivity index (χ0v) is 12.6. The average molecular weight is 235 g/mol. The van der Waals surface area contributed by atoms with Crippen molar-refractivity contribution in [3.05, 3.63) is 35.4 Å². The quantitative estimate of drug-likeness (QED) is 0.813. The number of benzene rings is 1. The van der Waals surface area contributed by atoms with Crippen LogP contribution in [-0.2, 0) is 12.0 Å². The standard InChI is InChI=1S/C14H23N.C2H6/c1-11(2)15-10-12-6-8-13(9-7-12)14(3,4)5;1-2/h6-9,11,15H,10H2,1-5H3;1-2H3. The molecular formula is C16H29N. The van der Waals surface area contributed by atoms with Gasteiger partial charge in [0.1, 0.15) is 0 Å². The van der Waals surface area contributed by atoms with Crippen molar-refractivity contribution in [2.24, 2.45) is 0 Å². The van der Waals surface area contributed by atoms with E-state index in [1.165, 1.54) is 11.1 Å². The highest BCUT2D eigenvalue weighted by Gasteiger charge is 2.12. The van der Waals surface area contributed by atoms with Gasteiger partial charge in [-0.05, 0) is 16.5 Å². The molecule has 0 heterocycles. The van der Waals surface area contributed by atoms with Crippen molar-refractivity contribution < 1.29 is 0 Å². The fraction of sp³-hybridized carbons (Fsp3) is 0.625. The second kappa shape index (κ2) is 7.50. The molecule has 1 nitrogen and oxygen atoms in total. The summed E-state index contributed by atoms with van der Waals surface area (Å²) in [5, 5.41) is 3.42. The van der Waals surface area contributed by atoms with Gasteiger partial charge in [-0.2, -0.15) is 0 Å². The lowest BCUT2D eigenvalue weighted by atomic mass is 9.87. The molecule has 0 spiro atoms. The molecule has 98 valence electrons. The topological polar surface area (TPSA) is 12.0 Å². The Morgan fingerprint density at radius 1 is 1.00 bits per heavy atom. The molecule has 1 N–H and O–H groups in total. The van der Waals surface area contributed by atoms with Gasteiger partial charge < -0.3 is 5.32 Å². The second-order valence-corrected chi connectivity index (χ2v) is 5.48. The Hall–Kier alpha value is -0.820. The van der Waals surface area contributed by atoms with Crippen LogP contribution < -0.4 is 5.32 Å². The van der Waals surface area contributed by atoms with Crippen LogP contribution in [-0.4, -0.2) is 6.04 Å². The highest BCUT2D eigenvalue weighted by molar-refractivity contribution is 5.27. The molecule has 1 rings (SSSR count). The minimum atomic E-state index is 0.254. The minimum absolute atomic E-state index is 0.254. The molecule has 0 saturated heterocycles. The third-order valence-corrected chi connectivity index (χ3v) is 2.53. The zero-order chi connectivity index (χ0) is 13.5. The van der Waals surface area contributed by atoms with Gasteiger partial charge in [0.15, 0.2) is 0 Å². The first kappa shape index (κ1) is 16.2. The summed E-state index contributed by atoms with van der Waals surface area (Å²) < 4.78 is 0. The van der Waals surface area contributed by atoms with Gasteiger partial charge in [0.2, 0.25) is 0 Å². The van der Waals surface area contributed by atoms with E-state index in [2.05, 4.69) is 64.2 Å². The third-order valence-electron chi connectivity index (χ3n) is 2.53. The molecule has 0 aliphatic rings. The van der Waals surface area contributed by atoms with E-state index in [4.69, 9.17) is 0 Å². The van der Waals surface area contributed by atoms with Crippen molar-refractivity contribution in [1.29, 1.82) is 0 Å². The van der Waals surface area contributed by atoms with Crippen molar-refractivity contribution in [3.63, 3.8) is 0 Å². The van der Waals surface area contributed by atoms with E-state index < -0.39 is 0 Å². The summed E-state index contributed by atoms with van der Waals surface area (Å²) in [5.41, 5.74) is 3.01. The van der Waals surface area contributed by atoms with Crippen LogP contribution in [0.4, 0.5) is 0 Å². The average Bonchev–Trinajstić information content (AvgIpc) is 2.28. The molecule has 0 fully saturated rings. The molecule has 0 amide bonds. The van der Waals surface area contributed by atoms with Gasteiger partial charge in [-0.25, -0.2) is 0 Å². The zero-order valence-electron chi connectivity index (χ0n) is 12.6. The number of hydrogen-bond acceptors (Lipinski definition) is 1. The van der Waals surface area contributed by atoms with Crippen molar-refractivity contribution >= 4 is 0 Å². The van der Waals surface area contributed by atoms with Gasteiger partial charge in [-0.15, -0.1) is 0 Å². The van der Waals surface area contributed by atoms with Crippen LogP contribution >= 0.6 is 0 Å². The lowest BCUT2D eigenvalue weighted by Gasteiger charge is -2.19. The first-order valence-corrected chi connectivity index (χ1v) is 6.72. The molecule has 1 aromatic carbocycles. The van der Waals surface area contributed by atoms with Crippen molar-refractivity contribution in [3.8, 4) is 0 Å². The van der Waals surface area contributed by atoms with Crippen molar-refractivity contribution in [2.45, 2.75) is 66.5 Å². The number of nitrogens with one attached hydrogen (secondary N) is 1.